The van der Waals surface area contributed by atoms with Crippen LogP contribution >= 0.6 is 0 Å². The summed E-state index contributed by atoms with van der Waals surface area (Å²) in [6.07, 6.45) is 2.04. The van der Waals surface area contributed by atoms with Crippen LogP contribution in [-0.4, -0.2) is 18.5 Å². The van der Waals surface area contributed by atoms with E-state index < -0.39 is 5.97 Å². The highest BCUT2D eigenvalue weighted by atomic mass is 16.5. The van der Waals surface area contributed by atoms with Crippen molar-refractivity contribution in [3.63, 3.8) is 0 Å². The molecule has 1 N–H and O–H groups in total. The van der Waals surface area contributed by atoms with E-state index in [2.05, 4.69) is 12.2 Å². The van der Waals surface area contributed by atoms with Crippen molar-refractivity contribution in [2.75, 3.05) is 11.9 Å². The lowest BCUT2D eigenvalue weighted by Gasteiger charge is -2.09. The van der Waals surface area contributed by atoms with Gasteiger partial charge in [-0.15, -0.1) is 0 Å². The molecule has 0 aliphatic heterocycles. The lowest BCUT2D eigenvalue weighted by atomic mass is 10.1. The van der Waals surface area contributed by atoms with Crippen molar-refractivity contribution in [2.45, 2.75) is 19.8 Å². The average Bonchev–Trinajstić information content (AvgIpc) is 2.56. The van der Waals surface area contributed by atoms with E-state index in [9.17, 15) is 14.7 Å². The number of carboxylic acids is 1. The van der Waals surface area contributed by atoms with Crippen LogP contribution < -0.4 is 15.2 Å². The lowest BCUT2D eigenvalue weighted by Crippen LogP contribution is -2.22. The number of rotatable bonds is 7. The van der Waals surface area contributed by atoms with Gasteiger partial charge in [0.2, 0.25) is 0 Å². The number of carboxylic acid groups (broad SMARTS) is 1. The van der Waals surface area contributed by atoms with Gasteiger partial charge in [0.15, 0.2) is 0 Å². The van der Waals surface area contributed by atoms with E-state index in [1.807, 2.05) is 0 Å². The fourth-order valence-corrected chi connectivity index (χ4v) is 1.96. The van der Waals surface area contributed by atoms with Gasteiger partial charge >= 0.3 is 0 Å². The zero-order valence-corrected chi connectivity index (χ0v) is 12.9. The van der Waals surface area contributed by atoms with Crippen LogP contribution in [0.2, 0.25) is 0 Å². The molecule has 23 heavy (non-hydrogen) atoms. The molecule has 0 saturated heterocycles. The van der Waals surface area contributed by atoms with Gasteiger partial charge in [0.1, 0.15) is 5.75 Å². The van der Waals surface area contributed by atoms with E-state index in [1.165, 1.54) is 12.1 Å². The Bertz CT molecular complexity index is 680. The van der Waals surface area contributed by atoms with Gasteiger partial charge in [-0.2, -0.15) is 0 Å². The molecule has 0 aliphatic carbocycles. The maximum atomic E-state index is 12.2. The Hall–Kier alpha value is -2.82. The second-order valence-electron chi connectivity index (χ2n) is 5.05. The van der Waals surface area contributed by atoms with Crippen molar-refractivity contribution in [1.29, 1.82) is 0 Å². The summed E-state index contributed by atoms with van der Waals surface area (Å²) in [5, 5.41) is 13.5. The summed E-state index contributed by atoms with van der Waals surface area (Å²) >= 11 is 0. The average molecular weight is 312 g/mol. The Kier molecular flexibility index (Phi) is 5.74. The first kappa shape index (κ1) is 16.5. The van der Waals surface area contributed by atoms with E-state index in [-0.39, 0.29) is 11.5 Å². The number of unbranched alkanes of at least 4 members (excludes halogenated alkanes) is 1. The monoisotopic (exact) mass is 312 g/mol. The number of amides is 1. The van der Waals surface area contributed by atoms with E-state index in [4.69, 9.17) is 4.74 Å². The number of carbonyl (C=O) groups is 2. The number of carbonyl (C=O) groups excluding carboxylic acids is 2. The molecule has 0 atom stereocenters. The third-order valence-corrected chi connectivity index (χ3v) is 3.24. The third kappa shape index (κ3) is 4.85. The molecule has 120 valence electrons. The zero-order valence-electron chi connectivity index (χ0n) is 12.9. The molecular weight excluding hydrogens is 294 g/mol. The van der Waals surface area contributed by atoms with E-state index in [0.29, 0.717) is 23.6 Å². The molecule has 0 spiro atoms. The van der Waals surface area contributed by atoms with Crippen LogP contribution in [-0.2, 0) is 0 Å². The maximum Gasteiger partial charge on any atom is 0.255 e. The van der Waals surface area contributed by atoms with Crippen LogP contribution in [0.1, 0.15) is 40.5 Å². The minimum absolute atomic E-state index is 0.0162. The van der Waals surface area contributed by atoms with Crippen molar-refractivity contribution in [1.82, 2.24) is 0 Å². The molecule has 2 aromatic rings. The molecule has 5 heteroatoms. The van der Waals surface area contributed by atoms with Gasteiger partial charge in [0, 0.05) is 11.3 Å². The smallest absolute Gasteiger partial charge is 0.255 e. The second kappa shape index (κ2) is 7.98. The summed E-state index contributed by atoms with van der Waals surface area (Å²) in [7, 11) is 0. The van der Waals surface area contributed by atoms with Crippen molar-refractivity contribution in [3.05, 3.63) is 59.7 Å². The molecule has 0 aromatic heterocycles. The van der Waals surface area contributed by atoms with Crippen LogP contribution in [0, 0.1) is 0 Å². The standard InChI is InChI=1S/C18H19NO4/c1-2-3-11-23-16-9-7-13(8-10-16)17(20)19-15-6-4-5-14(12-15)18(21)22/h4-10,12H,2-3,11H2,1H3,(H,19,20)(H,21,22)/p-1. The van der Waals surface area contributed by atoms with Gasteiger partial charge in [0.05, 0.1) is 12.6 Å². The van der Waals surface area contributed by atoms with E-state index in [0.717, 1.165) is 12.8 Å². The lowest BCUT2D eigenvalue weighted by molar-refractivity contribution is -0.255. The van der Waals surface area contributed by atoms with Gasteiger partial charge in [-0.25, -0.2) is 0 Å². The number of hydrogen-bond acceptors (Lipinski definition) is 4. The highest BCUT2D eigenvalue weighted by molar-refractivity contribution is 6.04. The number of nitrogens with one attached hydrogen (secondary N) is 1. The molecule has 0 fully saturated rings. The van der Waals surface area contributed by atoms with Crippen molar-refractivity contribution in [2.24, 2.45) is 0 Å². The molecule has 5 nitrogen and oxygen atoms in total. The Labute approximate surface area is 134 Å². The molecule has 0 heterocycles. The largest absolute Gasteiger partial charge is 0.545 e. The van der Waals surface area contributed by atoms with Crippen LogP contribution in [0.25, 0.3) is 0 Å². The summed E-state index contributed by atoms with van der Waals surface area (Å²) in [5.41, 5.74) is 0.883. The van der Waals surface area contributed by atoms with Crippen LogP contribution in [0.3, 0.4) is 0 Å². The predicted molar refractivity (Wildman–Crippen MR) is 85.6 cm³/mol. The molecule has 0 bridgehead atoms. The van der Waals surface area contributed by atoms with E-state index >= 15 is 0 Å². The highest BCUT2D eigenvalue weighted by Gasteiger charge is 2.07. The molecular formula is C18H18NO4-. The van der Waals surface area contributed by atoms with Gasteiger partial charge in [-0.1, -0.05) is 25.5 Å². The highest BCUT2D eigenvalue weighted by Crippen LogP contribution is 2.15. The molecule has 0 unspecified atom stereocenters. The van der Waals surface area contributed by atoms with Gasteiger partial charge < -0.3 is 20.0 Å². The number of hydrogen-bond donors (Lipinski definition) is 1. The number of ether oxygens (including phenoxy) is 1. The molecule has 0 aliphatic rings. The maximum absolute atomic E-state index is 12.2. The zero-order chi connectivity index (χ0) is 16.7. The quantitative estimate of drug-likeness (QED) is 0.797. The predicted octanol–water partition coefficient (Wildman–Crippen LogP) is 2.48. The first-order chi connectivity index (χ1) is 11.1. The number of benzene rings is 2. The Morgan fingerprint density at radius 2 is 1.83 bits per heavy atom. The van der Waals surface area contributed by atoms with Gasteiger partial charge in [-0.3, -0.25) is 4.79 Å². The molecule has 0 radical (unpaired) electrons. The fraction of sp³-hybridized carbons (Fsp3) is 0.222. The summed E-state index contributed by atoms with van der Waals surface area (Å²) in [6, 6.07) is 12.7. The topological polar surface area (TPSA) is 78.5 Å². The summed E-state index contributed by atoms with van der Waals surface area (Å²) in [4.78, 5) is 23.0. The Morgan fingerprint density at radius 3 is 2.48 bits per heavy atom. The van der Waals surface area contributed by atoms with Crippen molar-refractivity contribution in [3.8, 4) is 5.75 Å². The minimum Gasteiger partial charge on any atom is -0.545 e. The van der Waals surface area contributed by atoms with Gasteiger partial charge in [-0.05, 0) is 48.4 Å². The first-order valence-electron chi connectivity index (χ1n) is 7.46. The van der Waals surface area contributed by atoms with E-state index in [1.54, 1.807) is 36.4 Å². The van der Waals surface area contributed by atoms with Gasteiger partial charge in [0.25, 0.3) is 5.91 Å². The minimum atomic E-state index is -1.28. The molecule has 0 saturated carbocycles. The Balaban J connectivity index is 2.00. The summed E-state index contributed by atoms with van der Waals surface area (Å²) in [5.74, 6) is -0.885. The number of aromatic carboxylic acids is 1. The normalized spacial score (nSPS) is 10.1. The van der Waals surface area contributed by atoms with Crippen LogP contribution in [0.5, 0.6) is 5.75 Å². The van der Waals surface area contributed by atoms with Crippen molar-refractivity contribution < 1.29 is 19.4 Å². The second-order valence-corrected chi connectivity index (χ2v) is 5.05. The van der Waals surface area contributed by atoms with Crippen LogP contribution in [0.15, 0.2) is 48.5 Å². The van der Waals surface area contributed by atoms with Crippen LogP contribution in [0.4, 0.5) is 5.69 Å². The molecule has 2 aromatic carbocycles. The van der Waals surface area contributed by atoms with Crippen molar-refractivity contribution >= 4 is 17.6 Å². The fourth-order valence-electron chi connectivity index (χ4n) is 1.96. The molecule has 2 rings (SSSR count). The number of anilines is 1. The summed E-state index contributed by atoms with van der Waals surface area (Å²) in [6.45, 7) is 2.74. The SMILES string of the molecule is CCCCOc1ccc(C(=O)Nc2cccc(C(=O)[O-])c2)cc1. The third-order valence-electron chi connectivity index (χ3n) is 3.24. The Morgan fingerprint density at radius 1 is 1.09 bits per heavy atom. The molecule has 1 amide bonds. The summed E-state index contributed by atoms with van der Waals surface area (Å²) < 4.78 is 5.54. The first-order valence-corrected chi connectivity index (χ1v) is 7.46.